The predicted molar refractivity (Wildman–Crippen MR) is 88.1 cm³/mol. The summed E-state index contributed by atoms with van der Waals surface area (Å²) in [6.07, 6.45) is 1.66. The molecule has 0 unspecified atom stereocenters. The van der Waals surface area contributed by atoms with Gasteiger partial charge in [-0.1, -0.05) is 0 Å². The Morgan fingerprint density at radius 1 is 1.22 bits per heavy atom. The predicted octanol–water partition coefficient (Wildman–Crippen LogP) is 2.46. The second-order valence-electron chi connectivity index (χ2n) is 4.61. The lowest BCUT2D eigenvalue weighted by atomic mass is 10.2. The lowest BCUT2D eigenvalue weighted by Gasteiger charge is -2.08. The summed E-state index contributed by atoms with van der Waals surface area (Å²) >= 11 is 0. The second kappa shape index (κ2) is 8.70. The van der Waals surface area contributed by atoms with E-state index in [1.807, 2.05) is 0 Å². The van der Waals surface area contributed by atoms with E-state index in [-0.39, 0.29) is 5.97 Å². The number of hydrogen-bond donors (Lipinski definition) is 2. The summed E-state index contributed by atoms with van der Waals surface area (Å²) in [6, 6.07) is 8.73. The van der Waals surface area contributed by atoms with Crippen molar-refractivity contribution in [3.8, 4) is 0 Å². The Balaban J connectivity index is 1.98. The third kappa shape index (κ3) is 5.23. The van der Waals surface area contributed by atoms with Gasteiger partial charge in [0.05, 0.1) is 18.8 Å². The molecule has 1 aromatic carbocycles. The van der Waals surface area contributed by atoms with Gasteiger partial charge in [-0.25, -0.2) is 9.78 Å². The van der Waals surface area contributed by atoms with Crippen molar-refractivity contribution in [2.45, 2.75) is 6.92 Å². The van der Waals surface area contributed by atoms with Crippen LogP contribution in [-0.2, 0) is 9.47 Å². The number of nitrogens with one attached hydrogen (secondary N) is 2. The quantitative estimate of drug-likeness (QED) is 0.571. The van der Waals surface area contributed by atoms with E-state index < -0.39 is 0 Å². The number of esters is 1. The summed E-state index contributed by atoms with van der Waals surface area (Å²) < 4.78 is 9.92. The Labute approximate surface area is 135 Å². The number of methoxy groups -OCH3 is 1. The first kappa shape index (κ1) is 16.7. The molecule has 1 aromatic heterocycles. The normalized spacial score (nSPS) is 10.2. The molecule has 122 valence electrons. The van der Waals surface area contributed by atoms with Crippen LogP contribution in [0.4, 0.5) is 17.5 Å². The minimum atomic E-state index is -0.334. The molecule has 0 atom stereocenters. The molecular weight excluding hydrogens is 296 g/mol. The highest BCUT2D eigenvalue weighted by molar-refractivity contribution is 5.89. The van der Waals surface area contributed by atoms with Crippen LogP contribution in [0.25, 0.3) is 0 Å². The van der Waals surface area contributed by atoms with Gasteiger partial charge in [0.15, 0.2) is 0 Å². The largest absolute Gasteiger partial charge is 0.462 e. The van der Waals surface area contributed by atoms with E-state index in [0.29, 0.717) is 37.1 Å². The van der Waals surface area contributed by atoms with Gasteiger partial charge in [-0.2, -0.15) is 4.98 Å². The molecule has 0 aliphatic heterocycles. The van der Waals surface area contributed by atoms with Crippen LogP contribution in [0.3, 0.4) is 0 Å². The number of carbonyl (C=O) groups excluding carboxylic acids is 1. The average molecular weight is 316 g/mol. The first-order chi connectivity index (χ1) is 11.2. The van der Waals surface area contributed by atoms with Crippen LogP contribution in [0.5, 0.6) is 0 Å². The van der Waals surface area contributed by atoms with Gasteiger partial charge >= 0.3 is 5.97 Å². The highest BCUT2D eigenvalue weighted by Crippen LogP contribution is 2.15. The van der Waals surface area contributed by atoms with Crippen LogP contribution in [0.15, 0.2) is 36.5 Å². The summed E-state index contributed by atoms with van der Waals surface area (Å²) in [5.41, 5.74) is 1.29. The molecule has 1 heterocycles. The minimum Gasteiger partial charge on any atom is -0.462 e. The minimum absolute atomic E-state index is 0.334. The van der Waals surface area contributed by atoms with Crippen molar-refractivity contribution in [1.82, 2.24) is 9.97 Å². The molecule has 0 amide bonds. The number of anilines is 3. The van der Waals surface area contributed by atoms with Crippen LogP contribution >= 0.6 is 0 Å². The zero-order valence-corrected chi connectivity index (χ0v) is 13.2. The summed E-state index contributed by atoms with van der Waals surface area (Å²) in [6.45, 7) is 3.40. The molecule has 2 aromatic rings. The Morgan fingerprint density at radius 3 is 2.70 bits per heavy atom. The van der Waals surface area contributed by atoms with Crippen molar-refractivity contribution in [3.05, 3.63) is 42.1 Å². The fraction of sp³-hybridized carbons (Fsp3) is 0.312. The van der Waals surface area contributed by atoms with Gasteiger partial charge in [0.1, 0.15) is 5.82 Å². The molecule has 7 nitrogen and oxygen atoms in total. The smallest absolute Gasteiger partial charge is 0.338 e. The topological polar surface area (TPSA) is 85.4 Å². The summed E-state index contributed by atoms with van der Waals surface area (Å²) in [5, 5.41) is 6.22. The zero-order chi connectivity index (χ0) is 16.5. The number of rotatable bonds is 8. The van der Waals surface area contributed by atoms with Gasteiger partial charge in [0.25, 0.3) is 0 Å². The van der Waals surface area contributed by atoms with Crippen LogP contribution in [-0.4, -0.2) is 42.8 Å². The van der Waals surface area contributed by atoms with E-state index in [0.717, 1.165) is 5.69 Å². The maximum Gasteiger partial charge on any atom is 0.338 e. The van der Waals surface area contributed by atoms with Crippen molar-refractivity contribution >= 4 is 23.4 Å². The molecule has 2 rings (SSSR count). The number of nitrogens with zero attached hydrogens (tertiary/aromatic N) is 2. The third-order valence-corrected chi connectivity index (χ3v) is 2.92. The van der Waals surface area contributed by atoms with E-state index >= 15 is 0 Å². The second-order valence-corrected chi connectivity index (χ2v) is 4.61. The van der Waals surface area contributed by atoms with Crippen LogP contribution in [0.1, 0.15) is 17.3 Å². The van der Waals surface area contributed by atoms with E-state index in [4.69, 9.17) is 9.47 Å². The molecule has 0 aliphatic rings. The average Bonchev–Trinajstić information content (AvgIpc) is 2.56. The standard InChI is InChI=1S/C16H20N4O3/c1-3-23-15(21)12-4-6-13(7-5-12)19-16-18-9-8-14(20-16)17-10-11-22-2/h4-9H,3,10-11H2,1-2H3,(H2,17,18,19,20). The fourth-order valence-corrected chi connectivity index (χ4v) is 1.83. The van der Waals surface area contributed by atoms with Gasteiger partial charge in [-0.3, -0.25) is 0 Å². The first-order valence-electron chi connectivity index (χ1n) is 7.33. The highest BCUT2D eigenvalue weighted by atomic mass is 16.5. The van der Waals surface area contributed by atoms with Gasteiger partial charge in [-0.15, -0.1) is 0 Å². The van der Waals surface area contributed by atoms with Crippen molar-refractivity contribution < 1.29 is 14.3 Å². The number of benzene rings is 1. The summed E-state index contributed by atoms with van der Waals surface area (Å²) in [5.74, 6) is 0.846. The molecule has 2 N–H and O–H groups in total. The molecule has 0 spiro atoms. The Bertz CT molecular complexity index is 631. The molecule has 0 fully saturated rings. The monoisotopic (exact) mass is 316 g/mol. The SMILES string of the molecule is CCOC(=O)c1ccc(Nc2nccc(NCCOC)n2)cc1. The van der Waals surface area contributed by atoms with Crippen LogP contribution in [0.2, 0.25) is 0 Å². The van der Waals surface area contributed by atoms with Crippen molar-refractivity contribution in [2.75, 3.05) is 37.5 Å². The summed E-state index contributed by atoms with van der Waals surface area (Å²) in [4.78, 5) is 20.1. The van der Waals surface area contributed by atoms with E-state index in [9.17, 15) is 4.79 Å². The molecule has 0 saturated carbocycles. The lowest BCUT2D eigenvalue weighted by molar-refractivity contribution is 0.0526. The van der Waals surface area contributed by atoms with Gasteiger partial charge in [0.2, 0.25) is 5.95 Å². The Morgan fingerprint density at radius 2 is 2.00 bits per heavy atom. The molecule has 0 bridgehead atoms. The number of aromatic nitrogens is 2. The number of hydrogen-bond acceptors (Lipinski definition) is 7. The molecular formula is C16H20N4O3. The van der Waals surface area contributed by atoms with Gasteiger partial charge in [-0.05, 0) is 37.3 Å². The molecule has 23 heavy (non-hydrogen) atoms. The van der Waals surface area contributed by atoms with Crippen LogP contribution < -0.4 is 10.6 Å². The van der Waals surface area contributed by atoms with Crippen LogP contribution in [0, 0.1) is 0 Å². The van der Waals surface area contributed by atoms with Crippen molar-refractivity contribution in [1.29, 1.82) is 0 Å². The number of ether oxygens (including phenoxy) is 2. The van der Waals surface area contributed by atoms with E-state index in [2.05, 4.69) is 20.6 Å². The Hall–Kier alpha value is -2.67. The Kier molecular flexibility index (Phi) is 6.31. The maximum atomic E-state index is 11.6. The summed E-state index contributed by atoms with van der Waals surface area (Å²) in [7, 11) is 1.65. The van der Waals surface area contributed by atoms with Crippen molar-refractivity contribution in [2.24, 2.45) is 0 Å². The number of carbonyl (C=O) groups is 1. The fourth-order valence-electron chi connectivity index (χ4n) is 1.83. The lowest BCUT2D eigenvalue weighted by Crippen LogP contribution is -2.09. The van der Waals surface area contributed by atoms with E-state index in [1.54, 1.807) is 50.6 Å². The van der Waals surface area contributed by atoms with Gasteiger partial charge in [0, 0.05) is 25.5 Å². The third-order valence-electron chi connectivity index (χ3n) is 2.92. The maximum absolute atomic E-state index is 11.6. The first-order valence-corrected chi connectivity index (χ1v) is 7.33. The van der Waals surface area contributed by atoms with Crippen molar-refractivity contribution in [3.63, 3.8) is 0 Å². The molecule has 7 heteroatoms. The zero-order valence-electron chi connectivity index (χ0n) is 13.2. The highest BCUT2D eigenvalue weighted by Gasteiger charge is 2.06. The molecule has 0 aliphatic carbocycles. The van der Waals surface area contributed by atoms with E-state index in [1.165, 1.54) is 0 Å². The molecule has 0 radical (unpaired) electrons. The van der Waals surface area contributed by atoms with Gasteiger partial charge < -0.3 is 20.1 Å². The molecule has 0 saturated heterocycles.